The third-order valence-corrected chi connectivity index (χ3v) is 5.79. The summed E-state index contributed by atoms with van der Waals surface area (Å²) in [5.74, 6) is -0.369. The van der Waals surface area contributed by atoms with Crippen LogP contribution in [-0.4, -0.2) is 27.9 Å². The number of carbonyl (C=O) groups is 1. The minimum Gasteiger partial charge on any atom is -0.358 e. The van der Waals surface area contributed by atoms with Crippen molar-refractivity contribution < 1.29 is 13.2 Å². The van der Waals surface area contributed by atoms with Crippen LogP contribution >= 0.6 is 0 Å². The molecule has 5 nitrogen and oxygen atoms in total. The second-order valence-corrected chi connectivity index (χ2v) is 7.58. The van der Waals surface area contributed by atoms with Crippen molar-refractivity contribution in [1.29, 1.82) is 0 Å². The van der Waals surface area contributed by atoms with Crippen molar-refractivity contribution in [3.05, 3.63) is 59.2 Å². The Hall–Kier alpha value is -2.34. The molecule has 2 aromatic rings. The second-order valence-electron chi connectivity index (χ2n) is 5.72. The quantitative estimate of drug-likeness (QED) is 0.905. The maximum Gasteiger partial charge on any atom is 0.264 e. The summed E-state index contributed by atoms with van der Waals surface area (Å²) in [6, 6.07) is 12.0. The molecule has 0 saturated heterocycles. The molecule has 2 aromatic carbocycles. The molecule has 24 heavy (non-hydrogen) atoms. The van der Waals surface area contributed by atoms with E-state index in [0.29, 0.717) is 5.69 Å². The molecule has 6 heteroatoms. The summed E-state index contributed by atoms with van der Waals surface area (Å²) in [5.41, 5.74) is 3.28. The van der Waals surface area contributed by atoms with E-state index in [9.17, 15) is 13.2 Å². The van der Waals surface area contributed by atoms with Crippen molar-refractivity contribution in [3.8, 4) is 0 Å². The predicted octanol–water partition coefficient (Wildman–Crippen LogP) is 2.55. The number of hydrogen-bond acceptors (Lipinski definition) is 3. The number of carbonyl (C=O) groups excluding carboxylic acids is 1. The number of nitrogens with one attached hydrogen (secondary N) is 1. The van der Waals surface area contributed by atoms with Crippen LogP contribution in [0.15, 0.2) is 47.4 Å². The normalized spacial score (nSPS) is 11.2. The van der Waals surface area contributed by atoms with Crippen molar-refractivity contribution in [1.82, 2.24) is 5.32 Å². The van der Waals surface area contributed by atoms with E-state index in [-0.39, 0.29) is 17.3 Å². The molecule has 0 atom stereocenters. The number of aryl methyl sites for hydroxylation is 2. The lowest BCUT2D eigenvalue weighted by Crippen LogP contribution is -2.40. The number of amides is 1. The van der Waals surface area contributed by atoms with Gasteiger partial charge in [-0.05, 0) is 50.1 Å². The van der Waals surface area contributed by atoms with Gasteiger partial charge in [-0.15, -0.1) is 0 Å². The van der Waals surface area contributed by atoms with Gasteiger partial charge in [0.15, 0.2) is 0 Å². The third kappa shape index (κ3) is 3.59. The van der Waals surface area contributed by atoms with Gasteiger partial charge < -0.3 is 5.32 Å². The molecule has 0 aliphatic carbocycles. The summed E-state index contributed by atoms with van der Waals surface area (Å²) in [4.78, 5) is 12.1. The SMILES string of the molecule is CNC(=O)CN(c1cccc(C)c1C)S(=O)(=O)c1ccc(C)cc1. The van der Waals surface area contributed by atoms with Crippen molar-refractivity contribution in [2.75, 3.05) is 17.9 Å². The van der Waals surface area contributed by atoms with Crippen LogP contribution in [0.3, 0.4) is 0 Å². The zero-order chi connectivity index (χ0) is 17.9. The Morgan fingerprint density at radius 3 is 2.25 bits per heavy atom. The first kappa shape index (κ1) is 18.0. The van der Waals surface area contributed by atoms with Gasteiger partial charge in [0.1, 0.15) is 6.54 Å². The van der Waals surface area contributed by atoms with E-state index in [4.69, 9.17) is 0 Å². The van der Waals surface area contributed by atoms with Crippen LogP contribution < -0.4 is 9.62 Å². The van der Waals surface area contributed by atoms with Crippen LogP contribution in [0, 0.1) is 20.8 Å². The van der Waals surface area contributed by atoms with Gasteiger partial charge in [0.05, 0.1) is 10.6 Å². The number of benzene rings is 2. The monoisotopic (exact) mass is 346 g/mol. The van der Waals surface area contributed by atoms with Crippen LogP contribution in [0.4, 0.5) is 5.69 Å². The Morgan fingerprint density at radius 1 is 1.04 bits per heavy atom. The Balaban J connectivity index is 2.59. The van der Waals surface area contributed by atoms with Crippen molar-refractivity contribution >= 4 is 21.6 Å². The molecule has 0 fully saturated rings. The molecular formula is C18H22N2O3S. The summed E-state index contributed by atoms with van der Waals surface area (Å²) in [7, 11) is -2.35. The maximum absolute atomic E-state index is 13.1. The molecular weight excluding hydrogens is 324 g/mol. The average Bonchev–Trinajstić information content (AvgIpc) is 2.55. The molecule has 0 heterocycles. The van der Waals surface area contributed by atoms with E-state index in [1.54, 1.807) is 36.4 Å². The summed E-state index contributed by atoms with van der Waals surface area (Å²) in [6.45, 7) is 5.39. The lowest BCUT2D eigenvalue weighted by molar-refractivity contribution is -0.119. The van der Waals surface area contributed by atoms with Crippen LogP contribution in [-0.2, 0) is 14.8 Å². The molecule has 0 aliphatic heterocycles. The highest BCUT2D eigenvalue weighted by atomic mass is 32.2. The maximum atomic E-state index is 13.1. The van der Waals surface area contributed by atoms with E-state index in [1.807, 2.05) is 26.8 Å². The molecule has 0 bridgehead atoms. The van der Waals surface area contributed by atoms with Crippen LogP contribution in [0.2, 0.25) is 0 Å². The smallest absolute Gasteiger partial charge is 0.264 e. The first-order chi connectivity index (χ1) is 11.3. The standard InChI is InChI=1S/C18H22N2O3S/c1-13-8-10-16(11-9-13)24(22,23)20(12-18(21)19-4)17-7-5-6-14(2)15(17)3/h5-11H,12H2,1-4H3,(H,19,21). The lowest BCUT2D eigenvalue weighted by Gasteiger charge is -2.26. The molecule has 0 unspecified atom stereocenters. The Bertz CT molecular complexity index is 843. The molecule has 128 valence electrons. The number of hydrogen-bond donors (Lipinski definition) is 1. The number of rotatable bonds is 5. The highest BCUT2D eigenvalue weighted by Crippen LogP contribution is 2.28. The summed E-state index contributed by atoms with van der Waals surface area (Å²) in [6.07, 6.45) is 0. The van der Waals surface area contributed by atoms with Gasteiger partial charge >= 0.3 is 0 Å². The van der Waals surface area contributed by atoms with Gasteiger partial charge in [-0.3, -0.25) is 9.10 Å². The summed E-state index contributed by atoms with van der Waals surface area (Å²) < 4.78 is 27.4. The van der Waals surface area contributed by atoms with E-state index in [1.165, 1.54) is 11.4 Å². The van der Waals surface area contributed by atoms with Crippen molar-refractivity contribution in [3.63, 3.8) is 0 Å². The molecule has 2 rings (SSSR count). The van der Waals surface area contributed by atoms with Gasteiger partial charge in [-0.1, -0.05) is 29.8 Å². The van der Waals surface area contributed by atoms with E-state index < -0.39 is 10.0 Å². The number of anilines is 1. The van der Waals surface area contributed by atoms with Crippen LogP contribution in [0.1, 0.15) is 16.7 Å². The number of sulfonamides is 1. The minimum atomic E-state index is -3.84. The molecule has 0 spiro atoms. The van der Waals surface area contributed by atoms with Crippen molar-refractivity contribution in [2.24, 2.45) is 0 Å². The summed E-state index contributed by atoms with van der Waals surface area (Å²) in [5, 5.41) is 2.49. The van der Waals surface area contributed by atoms with E-state index in [0.717, 1.165) is 16.7 Å². The zero-order valence-electron chi connectivity index (χ0n) is 14.3. The highest BCUT2D eigenvalue weighted by Gasteiger charge is 2.28. The molecule has 0 radical (unpaired) electrons. The molecule has 1 amide bonds. The van der Waals surface area contributed by atoms with Gasteiger partial charge in [-0.25, -0.2) is 8.42 Å². The number of likely N-dealkylation sites (N-methyl/N-ethyl adjacent to an activating group) is 1. The lowest BCUT2D eigenvalue weighted by atomic mass is 10.1. The first-order valence-electron chi connectivity index (χ1n) is 7.63. The first-order valence-corrected chi connectivity index (χ1v) is 9.07. The Labute approximate surface area is 143 Å². The van der Waals surface area contributed by atoms with Crippen LogP contribution in [0.5, 0.6) is 0 Å². The highest BCUT2D eigenvalue weighted by molar-refractivity contribution is 7.92. The van der Waals surface area contributed by atoms with Crippen LogP contribution in [0.25, 0.3) is 0 Å². The molecule has 0 aliphatic rings. The van der Waals surface area contributed by atoms with E-state index in [2.05, 4.69) is 5.32 Å². The third-order valence-electron chi connectivity index (χ3n) is 4.02. The van der Waals surface area contributed by atoms with E-state index >= 15 is 0 Å². The molecule has 1 N–H and O–H groups in total. The second kappa shape index (κ2) is 7.05. The Kier molecular flexibility index (Phi) is 5.29. The fraction of sp³-hybridized carbons (Fsp3) is 0.278. The van der Waals surface area contributed by atoms with Gasteiger partial charge in [0, 0.05) is 7.05 Å². The fourth-order valence-corrected chi connectivity index (χ4v) is 3.83. The van der Waals surface area contributed by atoms with Crippen molar-refractivity contribution in [2.45, 2.75) is 25.7 Å². The minimum absolute atomic E-state index is 0.165. The van der Waals surface area contributed by atoms with Gasteiger partial charge in [0.25, 0.3) is 10.0 Å². The average molecular weight is 346 g/mol. The van der Waals surface area contributed by atoms with Gasteiger partial charge in [0.2, 0.25) is 5.91 Å². The summed E-state index contributed by atoms with van der Waals surface area (Å²) >= 11 is 0. The molecule has 0 saturated carbocycles. The Morgan fingerprint density at radius 2 is 1.67 bits per heavy atom. The largest absolute Gasteiger partial charge is 0.358 e. The predicted molar refractivity (Wildman–Crippen MR) is 95.7 cm³/mol. The fourth-order valence-electron chi connectivity index (χ4n) is 2.35. The zero-order valence-corrected chi connectivity index (χ0v) is 15.1. The van der Waals surface area contributed by atoms with Gasteiger partial charge in [-0.2, -0.15) is 0 Å². The topological polar surface area (TPSA) is 66.5 Å². The molecule has 0 aromatic heterocycles. The number of nitrogens with zero attached hydrogens (tertiary/aromatic N) is 1.